The molecule has 0 aromatic carbocycles. The Morgan fingerprint density at radius 3 is 2.75 bits per heavy atom. The molecule has 0 aliphatic carbocycles. The molecular formula is C22H30N4O2. The summed E-state index contributed by atoms with van der Waals surface area (Å²) in [5, 5.41) is 0. The zero-order chi connectivity index (χ0) is 20.0. The highest BCUT2D eigenvalue weighted by atomic mass is 16.5. The number of piperidine rings is 1. The van der Waals surface area contributed by atoms with Gasteiger partial charge in [-0.05, 0) is 42.9 Å². The molecule has 28 heavy (non-hydrogen) atoms. The van der Waals surface area contributed by atoms with Crippen molar-refractivity contribution in [2.24, 2.45) is 11.8 Å². The van der Waals surface area contributed by atoms with Crippen LogP contribution in [0.25, 0.3) is 11.1 Å². The third kappa shape index (κ3) is 3.41. The SMILES string of the molecule is COc1cc(-c2cc3n(c(=O)c2)C[C@H]2C[C@@H]3CN(CC(C)C)C2)c(N)nc1C. The highest BCUT2D eigenvalue weighted by Gasteiger charge is 2.35. The van der Waals surface area contributed by atoms with E-state index in [1.165, 1.54) is 0 Å². The molecule has 2 aliphatic heterocycles. The average molecular weight is 383 g/mol. The lowest BCUT2D eigenvalue weighted by molar-refractivity contribution is 0.109. The Bertz CT molecular complexity index is 950. The Kier molecular flexibility index (Phi) is 4.91. The van der Waals surface area contributed by atoms with Crippen molar-refractivity contribution < 1.29 is 4.74 Å². The van der Waals surface area contributed by atoms with E-state index in [0.29, 0.717) is 29.3 Å². The van der Waals surface area contributed by atoms with Crippen molar-refractivity contribution in [1.29, 1.82) is 0 Å². The number of aryl methyl sites for hydroxylation is 1. The van der Waals surface area contributed by atoms with Crippen molar-refractivity contribution in [3.63, 3.8) is 0 Å². The van der Waals surface area contributed by atoms with Gasteiger partial charge in [-0.2, -0.15) is 0 Å². The first-order valence-corrected chi connectivity index (χ1v) is 10.1. The standard InChI is InChI=1S/C22H30N4O2/c1-13(2)9-25-10-15-5-17(12-25)19-6-16(7-21(27)26(19)11-15)18-8-20(28-4)14(3)24-22(18)23/h6-8,13,15,17H,5,9-12H2,1-4H3,(H2,23,24)/t15-,17+/m0/s1. The lowest BCUT2D eigenvalue weighted by atomic mass is 9.82. The molecule has 0 amide bonds. The van der Waals surface area contributed by atoms with E-state index in [-0.39, 0.29) is 5.56 Å². The molecule has 6 heteroatoms. The fraction of sp³-hybridized carbons (Fsp3) is 0.545. The fourth-order valence-corrected chi connectivity index (χ4v) is 4.92. The zero-order valence-electron chi connectivity index (χ0n) is 17.2. The number of hydrogen-bond donors (Lipinski definition) is 1. The molecule has 0 unspecified atom stereocenters. The minimum Gasteiger partial charge on any atom is -0.495 e. The molecule has 0 radical (unpaired) electrons. The highest BCUT2D eigenvalue weighted by Crippen LogP contribution is 2.38. The summed E-state index contributed by atoms with van der Waals surface area (Å²) in [6.45, 7) is 10.4. The second-order valence-corrected chi connectivity index (χ2v) is 8.74. The molecule has 2 N–H and O–H groups in total. The Morgan fingerprint density at radius 2 is 2.04 bits per heavy atom. The second-order valence-electron chi connectivity index (χ2n) is 8.74. The van der Waals surface area contributed by atoms with Crippen molar-refractivity contribution >= 4 is 5.82 Å². The van der Waals surface area contributed by atoms with E-state index >= 15 is 0 Å². The van der Waals surface area contributed by atoms with Crippen molar-refractivity contribution in [3.8, 4) is 16.9 Å². The van der Waals surface area contributed by atoms with Gasteiger partial charge in [0.2, 0.25) is 0 Å². The molecule has 150 valence electrons. The number of pyridine rings is 2. The van der Waals surface area contributed by atoms with Crippen LogP contribution in [0.1, 0.15) is 37.6 Å². The average Bonchev–Trinajstić information content (AvgIpc) is 2.62. The molecule has 2 aromatic heterocycles. The van der Waals surface area contributed by atoms with Crippen molar-refractivity contribution in [2.75, 3.05) is 32.5 Å². The third-order valence-electron chi connectivity index (χ3n) is 5.98. The summed E-state index contributed by atoms with van der Waals surface area (Å²) in [4.78, 5) is 19.9. The molecule has 2 atom stereocenters. The third-order valence-corrected chi connectivity index (χ3v) is 5.98. The van der Waals surface area contributed by atoms with Crippen LogP contribution >= 0.6 is 0 Å². The number of rotatable bonds is 4. The number of nitrogens with two attached hydrogens (primary N) is 1. The van der Waals surface area contributed by atoms with Gasteiger partial charge in [0.05, 0.1) is 12.8 Å². The minimum absolute atomic E-state index is 0.0541. The Hall–Kier alpha value is -2.34. The summed E-state index contributed by atoms with van der Waals surface area (Å²) >= 11 is 0. The number of aromatic nitrogens is 2. The number of hydrogen-bond acceptors (Lipinski definition) is 5. The topological polar surface area (TPSA) is 73.4 Å². The summed E-state index contributed by atoms with van der Waals surface area (Å²) in [6, 6.07) is 5.73. The normalized spacial score (nSPS) is 21.6. The smallest absolute Gasteiger partial charge is 0.251 e. The molecule has 2 bridgehead atoms. The summed E-state index contributed by atoms with van der Waals surface area (Å²) in [5.74, 6) is 2.71. The Balaban J connectivity index is 1.75. The molecule has 1 fully saturated rings. The zero-order valence-corrected chi connectivity index (χ0v) is 17.2. The predicted molar refractivity (Wildman–Crippen MR) is 112 cm³/mol. The quantitative estimate of drug-likeness (QED) is 0.880. The van der Waals surface area contributed by atoms with Crippen LogP contribution in [0.15, 0.2) is 23.0 Å². The van der Waals surface area contributed by atoms with E-state index in [1.807, 2.05) is 17.6 Å². The number of nitrogen functional groups attached to an aromatic ring is 1. The van der Waals surface area contributed by atoms with Crippen LogP contribution in [0.4, 0.5) is 5.82 Å². The monoisotopic (exact) mass is 382 g/mol. The van der Waals surface area contributed by atoms with Gasteiger partial charge in [-0.25, -0.2) is 4.98 Å². The van der Waals surface area contributed by atoms with Crippen LogP contribution in [-0.4, -0.2) is 41.2 Å². The highest BCUT2D eigenvalue weighted by molar-refractivity contribution is 5.75. The predicted octanol–water partition coefficient (Wildman–Crippen LogP) is 2.88. The molecule has 0 saturated carbocycles. The number of ether oxygens (including phenoxy) is 1. The maximum Gasteiger partial charge on any atom is 0.251 e. The molecule has 2 aromatic rings. The maximum absolute atomic E-state index is 12.9. The van der Waals surface area contributed by atoms with Crippen molar-refractivity contribution in [1.82, 2.24) is 14.5 Å². The molecule has 4 rings (SSSR count). The number of fused-ring (bicyclic) bond motifs is 4. The summed E-state index contributed by atoms with van der Waals surface area (Å²) < 4.78 is 7.39. The molecule has 0 spiro atoms. The van der Waals surface area contributed by atoms with E-state index in [4.69, 9.17) is 10.5 Å². The van der Waals surface area contributed by atoms with Crippen LogP contribution < -0.4 is 16.0 Å². The van der Waals surface area contributed by atoms with E-state index < -0.39 is 0 Å². The first-order chi connectivity index (χ1) is 13.4. The fourth-order valence-electron chi connectivity index (χ4n) is 4.92. The van der Waals surface area contributed by atoms with Gasteiger partial charge in [0.25, 0.3) is 5.56 Å². The Labute approximate surface area is 166 Å². The van der Waals surface area contributed by atoms with Gasteiger partial charge in [0.15, 0.2) is 0 Å². The van der Waals surface area contributed by atoms with Gasteiger partial charge in [-0.1, -0.05) is 13.8 Å². The molecule has 4 heterocycles. The van der Waals surface area contributed by atoms with Crippen molar-refractivity contribution in [2.45, 2.75) is 39.7 Å². The molecular weight excluding hydrogens is 352 g/mol. The molecule has 6 nitrogen and oxygen atoms in total. The Morgan fingerprint density at radius 1 is 1.25 bits per heavy atom. The van der Waals surface area contributed by atoms with Crippen LogP contribution in [0, 0.1) is 18.8 Å². The van der Waals surface area contributed by atoms with E-state index in [9.17, 15) is 4.79 Å². The number of likely N-dealkylation sites (tertiary alicyclic amines) is 1. The number of anilines is 1. The number of nitrogens with zero attached hydrogens (tertiary/aromatic N) is 3. The largest absolute Gasteiger partial charge is 0.495 e. The van der Waals surface area contributed by atoms with Crippen LogP contribution in [0.2, 0.25) is 0 Å². The van der Waals surface area contributed by atoms with E-state index in [1.54, 1.807) is 13.2 Å². The minimum atomic E-state index is 0.0541. The van der Waals surface area contributed by atoms with E-state index in [2.05, 4.69) is 29.8 Å². The van der Waals surface area contributed by atoms with Gasteiger partial charge < -0.3 is 19.9 Å². The van der Waals surface area contributed by atoms with Crippen molar-refractivity contribution in [3.05, 3.63) is 39.9 Å². The van der Waals surface area contributed by atoms with Gasteiger partial charge in [-0.15, -0.1) is 0 Å². The van der Waals surface area contributed by atoms with Gasteiger partial charge in [0.1, 0.15) is 11.6 Å². The number of methoxy groups -OCH3 is 1. The van der Waals surface area contributed by atoms with Crippen LogP contribution in [0.5, 0.6) is 5.75 Å². The first kappa shape index (κ1) is 19.0. The van der Waals surface area contributed by atoms with Crippen LogP contribution in [-0.2, 0) is 6.54 Å². The second kappa shape index (κ2) is 7.24. The lowest BCUT2D eigenvalue weighted by Crippen LogP contribution is -2.48. The molecule has 1 saturated heterocycles. The lowest BCUT2D eigenvalue weighted by Gasteiger charge is -2.43. The first-order valence-electron chi connectivity index (χ1n) is 10.1. The molecule has 2 aliphatic rings. The summed E-state index contributed by atoms with van der Waals surface area (Å²) in [7, 11) is 1.62. The summed E-state index contributed by atoms with van der Waals surface area (Å²) in [5.41, 5.74) is 9.73. The van der Waals surface area contributed by atoms with E-state index in [0.717, 1.165) is 55.1 Å². The van der Waals surface area contributed by atoms with Crippen LogP contribution in [0.3, 0.4) is 0 Å². The van der Waals surface area contributed by atoms with Gasteiger partial charge >= 0.3 is 0 Å². The summed E-state index contributed by atoms with van der Waals surface area (Å²) in [6.07, 6.45) is 1.16. The van der Waals surface area contributed by atoms with Gasteiger partial charge in [0, 0.05) is 49.4 Å². The van der Waals surface area contributed by atoms with Gasteiger partial charge in [-0.3, -0.25) is 4.79 Å². The maximum atomic E-state index is 12.9.